The first-order valence-electron chi connectivity index (χ1n) is 10.1. The summed E-state index contributed by atoms with van der Waals surface area (Å²) < 4.78 is 5.77. The molecule has 0 saturated carbocycles. The average molecular weight is 436 g/mol. The van der Waals surface area contributed by atoms with Gasteiger partial charge in [0, 0.05) is 29.8 Å². The fourth-order valence-electron chi connectivity index (χ4n) is 3.34. The maximum absolute atomic E-state index is 12.4. The number of carbonyl (C=O) groups excluding carboxylic acids is 2. The fourth-order valence-corrected chi connectivity index (χ4v) is 3.46. The minimum absolute atomic E-state index is 0.107. The van der Waals surface area contributed by atoms with Gasteiger partial charge in [-0.1, -0.05) is 41.9 Å². The van der Waals surface area contributed by atoms with Gasteiger partial charge in [-0.25, -0.2) is 5.01 Å². The molecule has 0 unspecified atom stereocenters. The molecule has 2 heterocycles. The minimum atomic E-state index is -0.204. The quantitative estimate of drug-likeness (QED) is 0.587. The molecule has 158 valence electrons. The standard InChI is InChI=1S/C24H22ClN3O3/c25-19-8-6-18(7-9-19)22-11-10-20(31-22)16-26-23(29)12-13-24(30)28-15-14-21(27-28)17-4-2-1-3-5-17/h1-11H,12-16H2,(H,26,29). The summed E-state index contributed by atoms with van der Waals surface area (Å²) in [5.74, 6) is 0.992. The number of hydrogen-bond donors (Lipinski definition) is 1. The van der Waals surface area contributed by atoms with Crippen molar-refractivity contribution in [2.45, 2.75) is 25.8 Å². The number of nitrogens with one attached hydrogen (secondary N) is 1. The maximum Gasteiger partial charge on any atom is 0.243 e. The van der Waals surface area contributed by atoms with Gasteiger partial charge in [-0.05, 0) is 42.0 Å². The molecule has 1 aliphatic heterocycles. The molecule has 2 amide bonds. The Labute approximate surface area is 185 Å². The number of amides is 2. The molecule has 0 fully saturated rings. The summed E-state index contributed by atoms with van der Waals surface area (Å²) in [6.07, 6.45) is 0.943. The number of nitrogens with zero attached hydrogens (tertiary/aromatic N) is 2. The lowest BCUT2D eigenvalue weighted by Gasteiger charge is -2.11. The van der Waals surface area contributed by atoms with Gasteiger partial charge in [0.05, 0.1) is 18.8 Å². The van der Waals surface area contributed by atoms with E-state index < -0.39 is 0 Å². The van der Waals surface area contributed by atoms with E-state index in [9.17, 15) is 9.59 Å². The third-order valence-electron chi connectivity index (χ3n) is 5.01. The van der Waals surface area contributed by atoms with E-state index in [4.69, 9.17) is 16.0 Å². The Bertz CT molecular complexity index is 1090. The molecule has 1 aromatic heterocycles. The van der Waals surface area contributed by atoms with E-state index in [1.807, 2.05) is 54.6 Å². The van der Waals surface area contributed by atoms with Crippen molar-refractivity contribution in [3.63, 3.8) is 0 Å². The molecular formula is C24H22ClN3O3. The highest BCUT2D eigenvalue weighted by molar-refractivity contribution is 6.30. The van der Waals surface area contributed by atoms with E-state index in [2.05, 4.69) is 10.4 Å². The highest BCUT2D eigenvalue weighted by Gasteiger charge is 2.21. The predicted octanol–water partition coefficient (Wildman–Crippen LogP) is 4.63. The van der Waals surface area contributed by atoms with E-state index in [0.29, 0.717) is 23.1 Å². The summed E-state index contributed by atoms with van der Waals surface area (Å²) in [7, 11) is 0. The fraction of sp³-hybridized carbons (Fsp3) is 0.208. The van der Waals surface area contributed by atoms with Crippen LogP contribution in [0.15, 0.2) is 76.2 Å². The summed E-state index contributed by atoms with van der Waals surface area (Å²) in [5, 5.41) is 9.32. The van der Waals surface area contributed by atoms with E-state index in [1.165, 1.54) is 5.01 Å². The lowest BCUT2D eigenvalue weighted by molar-refractivity contribution is -0.133. The molecule has 3 aromatic rings. The molecule has 31 heavy (non-hydrogen) atoms. The van der Waals surface area contributed by atoms with Crippen molar-refractivity contribution in [2.75, 3.05) is 6.54 Å². The van der Waals surface area contributed by atoms with Gasteiger partial charge in [-0.2, -0.15) is 5.10 Å². The number of halogens is 1. The van der Waals surface area contributed by atoms with E-state index in [1.54, 1.807) is 12.1 Å². The number of hydrazone groups is 1. The molecule has 0 aliphatic carbocycles. The van der Waals surface area contributed by atoms with Crippen LogP contribution >= 0.6 is 11.6 Å². The average Bonchev–Trinajstić information content (AvgIpc) is 3.47. The second-order valence-corrected chi connectivity index (χ2v) is 7.67. The van der Waals surface area contributed by atoms with Gasteiger partial charge in [0.25, 0.3) is 0 Å². The van der Waals surface area contributed by atoms with E-state index >= 15 is 0 Å². The van der Waals surface area contributed by atoms with Crippen LogP contribution in [0, 0.1) is 0 Å². The Morgan fingerprint density at radius 2 is 1.74 bits per heavy atom. The lowest BCUT2D eigenvalue weighted by Crippen LogP contribution is -2.27. The molecule has 0 saturated heterocycles. The van der Waals surface area contributed by atoms with Crippen LogP contribution in [0.1, 0.15) is 30.6 Å². The lowest BCUT2D eigenvalue weighted by atomic mass is 10.1. The second kappa shape index (κ2) is 9.62. The molecule has 0 atom stereocenters. The number of rotatable bonds is 7. The first-order valence-corrected chi connectivity index (χ1v) is 10.5. The van der Waals surface area contributed by atoms with Crippen LogP contribution in [0.25, 0.3) is 11.3 Å². The van der Waals surface area contributed by atoms with Crippen LogP contribution in [0.4, 0.5) is 0 Å². The van der Waals surface area contributed by atoms with Gasteiger partial charge in [0.1, 0.15) is 11.5 Å². The normalized spacial score (nSPS) is 13.2. The van der Waals surface area contributed by atoms with Crippen molar-refractivity contribution >= 4 is 29.1 Å². The molecule has 4 rings (SSSR count). The third-order valence-corrected chi connectivity index (χ3v) is 5.26. The van der Waals surface area contributed by atoms with Gasteiger partial charge in [0.15, 0.2) is 0 Å². The summed E-state index contributed by atoms with van der Waals surface area (Å²) in [4.78, 5) is 24.6. The van der Waals surface area contributed by atoms with Gasteiger partial charge in [-0.15, -0.1) is 0 Å². The van der Waals surface area contributed by atoms with Crippen molar-refractivity contribution in [1.82, 2.24) is 10.3 Å². The predicted molar refractivity (Wildman–Crippen MR) is 120 cm³/mol. The Hall–Kier alpha value is -3.38. The minimum Gasteiger partial charge on any atom is -0.459 e. The number of benzene rings is 2. The van der Waals surface area contributed by atoms with E-state index in [-0.39, 0.29) is 31.2 Å². The highest BCUT2D eigenvalue weighted by Crippen LogP contribution is 2.23. The first kappa shape index (κ1) is 20.9. The molecular weight excluding hydrogens is 414 g/mol. The third kappa shape index (κ3) is 5.41. The van der Waals surface area contributed by atoms with Crippen LogP contribution in [0.2, 0.25) is 5.02 Å². The Balaban J connectivity index is 1.23. The van der Waals surface area contributed by atoms with Crippen molar-refractivity contribution in [2.24, 2.45) is 5.10 Å². The second-order valence-electron chi connectivity index (χ2n) is 7.23. The largest absolute Gasteiger partial charge is 0.459 e. The number of hydrogen-bond acceptors (Lipinski definition) is 4. The molecule has 1 N–H and O–H groups in total. The zero-order chi connectivity index (χ0) is 21.6. The summed E-state index contributed by atoms with van der Waals surface area (Å²) in [6, 6.07) is 20.8. The molecule has 7 heteroatoms. The zero-order valence-corrected chi connectivity index (χ0v) is 17.6. The van der Waals surface area contributed by atoms with Crippen molar-refractivity contribution in [3.05, 3.63) is 83.1 Å². The summed E-state index contributed by atoms with van der Waals surface area (Å²) in [5.41, 5.74) is 2.83. The number of carbonyl (C=O) groups is 2. The van der Waals surface area contributed by atoms with Gasteiger partial charge < -0.3 is 9.73 Å². The SMILES string of the molecule is O=C(CCC(=O)N1CCC(c2ccccc2)=N1)NCc1ccc(-c2ccc(Cl)cc2)o1. The van der Waals surface area contributed by atoms with Crippen LogP contribution in [0.3, 0.4) is 0 Å². The first-order chi connectivity index (χ1) is 15.1. The van der Waals surface area contributed by atoms with Crippen LogP contribution in [-0.2, 0) is 16.1 Å². The molecule has 1 aliphatic rings. The Morgan fingerprint density at radius 3 is 2.52 bits per heavy atom. The number of furan rings is 1. The molecule has 0 radical (unpaired) electrons. The van der Waals surface area contributed by atoms with Gasteiger partial charge in [0.2, 0.25) is 11.8 Å². The topological polar surface area (TPSA) is 74.9 Å². The van der Waals surface area contributed by atoms with Crippen molar-refractivity contribution < 1.29 is 14.0 Å². The molecule has 6 nitrogen and oxygen atoms in total. The smallest absolute Gasteiger partial charge is 0.243 e. The molecule has 0 bridgehead atoms. The van der Waals surface area contributed by atoms with Crippen molar-refractivity contribution in [1.29, 1.82) is 0 Å². The molecule has 2 aromatic carbocycles. The molecule has 0 spiro atoms. The highest BCUT2D eigenvalue weighted by atomic mass is 35.5. The Kier molecular flexibility index (Phi) is 6.48. The summed E-state index contributed by atoms with van der Waals surface area (Å²) in [6.45, 7) is 0.811. The van der Waals surface area contributed by atoms with Crippen LogP contribution in [0.5, 0.6) is 0 Å². The van der Waals surface area contributed by atoms with Crippen LogP contribution < -0.4 is 5.32 Å². The van der Waals surface area contributed by atoms with Crippen molar-refractivity contribution in [3.8, 4) is 11.3 Å². The Morgan fingerprint density at radius 1 is 0.968 bits per heavy atom. The van der Waals surface area contributed by atoms with Crippen LogP contribution in [-0.4, -0.2) is 29.1 Å². The summed E-state index contributed by atoms with van der Waals surface area (Å²) >= 11 is 5.91. The van der Waals surface area contributed by atoms with Gasteiger partial charge >= 0.3 is 0 Å². The van der Waals surface area contributed by atoms with Gasteiger partial charge in [-0.3, -0.25) is 9.59 Å². The zero-order valence-electron chi connectivity index (χ0n) is 16.9. The van der Waals surface area contributed by atoms with E-state index in [0.717, 1.165) is 23.3 Å². The maximum atomic E-state index is 12.4. The monoisotopic (exact) mass is 435 g/mol.